The predicted octanol–water partition coefficient (Wildman–Crippen LogP) is 0.303. The zero-order chi connectivity index (χ0) is 18.2. The van der Waals surface area contributed by atoms with Crippen molar-refractivity contribution in [1.29, 1.82) is 0 Å². The highest BCUT2D eigenvalue weighted by Gasteiger charge is 2.05. The number of aryl methyl sites for hydroxylation is 1. The second-order valence-electron chi connectivity index (χ2n) is 5.37. The van der Waals surface area contributed by atoms with E-state index in [1.165, 1.54) is 16.8 Å². The predicted molar refractivity (Wildman–Crippen MR) is 92.2 cm³/mol. The number of carbonyl (C=O) groups excluding carboxylic acids is 1. The highest BCUT2D eigenvalue weighted by atomic mass is 16.5. The first-order chi connectivity index (χ1) is 12.0. The number of nitrogens with one attached hydrogen (secondary N) is 2. The Morgan fingerprint density at radius 3 is 2.44 bits per heavy atom. The Hall–Kier alpha value is -3.03. The lowest BCUT2D eigenvalue weighted by atomic mass is 10.1. The zero-order valence-corrected chi connectivity index (χ0v) is 14.2. The van der Waals surface area contributed by atoms with Gasteiger partial charge in [-0.1, -0.05) is 0 Å². The van der Waals surface area contributed by atoms with E-state index in [-0.39, 0.29) is 18.9 Å². The molecule has 2 N–H and O–H groups in total. The summed E-state index contributed by atoms with van der Waals surface area (Å²) < 4.78 is 11.7. The molecule has 0 fully saturated rings. The van der Waals surface area contributed by atoms with Gasteiger partial charge in [0, 0.05) is 37.8 Å². The standard InChI is InChI=1S/C17H21N3O5/c1-24-13-9-12(10-14(11-13)25-2)3-6-18-15(21)4-7-20-8-5-16(22)19-17(20)23/h5,8-11H,3-4,6-7H2,1-2H3,(H,18,21)(H,19,22,23). The van der Waals surface area contributed by atoms with Gasteiger partial charge in [0.25, 0.3) is 5.56 Å². The number of rotatable bonds is 8. The fourth-order valence-corrected chi connectivity index (χ4v) is 2.29. The minimum Gasteiger partial charge on any atom is -0.497 e. The van der Waals surface area contributed by atoms with Crippen LogP contribution in [-0.4, -0.2) is 36.2 Å². The van der Waals surface area contributed by atoms with E-state index in [2.05, 4.69) is 10.3 Å². The average Bonchev–Trinajstić information content (AvgIpc) is 2.60. The SMILES string of the molecule is COc1cc(CCNC(=O)CCn2ccc(=O)[nH]c2=O)cc(OC)c1. The van der Waals surface area contributed by atoms with Gasteiger partial charge in [-0.05, 0) is 24.1 Å². The van der Waals surface area contributed by atoms with Gasteiger partial charge in [-0.2, -0.15) is 0 Å². The van der Waals surface area contributed by atoms with Crippen molar-refractivity contribution in [3.8, 4) is 11.5 Å². The molecule has 2 rings (SSSR count). The number of hydrogen-bond donors (Lipinski definition) is 2. The molecule has 2 aromatic rings. The van der Waals surface area contributed by atoms with Crippen molar-refractivity contribution < 1.29 is 14.3 Å². The largest absolute Gasteiger partial charge is 0.497 e. The summed E-state index contributed by atoms with van der Waals surface area (Å²) in [6, 6.07) is 6.79. The maximum absolute atomic E-state index is 11.9. The summed E-state index contributed by atoms with van der Waals surface area (Å²) in [5.41, 5.74) is -0.00320. The van der Waals surface area contributed by atoms with Crippen molar-refractivity contribution >= 4 is 5.91 Å². The molecule has 0 aliphatic carbocycles. The van der Waals surface area contributed by atoms with Crippen molar-refractivity contribution in [2.45, 2.75) is 19.4 Å². The van der Waals surface area contributed by atoms with Crippen LogP contribution in [0.3, 0.4) is 0 Å². The van der Waals surface area contributed by atoms with Crippen molar-refractivity contribution in [2.75, 3.05) is 20.8 Å². The number of nitrogens with zero attached hydrogens (tertiary/aromatic N) is 1. The Morgan fingerprint density at radius 2 is 1.84 bits per heavy atom. The molecule has 8 heteroatoms. The van der Waals surface area contributed by atoms with E-state index in [0.29, 0.717) is 24.5 Å². The maximum Gasteiger partial charge on any atom is 0.328 e. The molecule has 1 heterocycles. The van der Waals surface area contributed by atoms with Crippen molar-refractivity contribution in [2.24, 2.45) is 0 Å². The normalized spacial score (nSPS) is 10.3. The molecule has 25 heavy (non-hydrogen) atoms. The Morgan fingerprint density at radius 1 is 1.16 bits per heavy atom. The maximum atomic E-state index is 11.9. The Kier molecular flexibility index (Phi) is 6.39. The molecule has 0 atom stereocenters. The van der Waals surface area contributed by atoms with Gasteiger partial charge in [-0.25, -0.2) is 4.79 Å². The van der Waals surface area contributed by atoms with Crippen LogP contribution in [0.25, 0.3) is 0 Å². The summed E-state index contributed by atoms with van der Waals surface area (Å²) in [6.45, 7) is 0.657. The van der Waals surface area contributed by atoms with E-state index in [0.717, 1.165) is 5.56 Å². The van der Waals surface area contributed by atoms with Gasteiger partial charge < -0.3 is 19.4 Å². The molecule has 134 valence electrons. The molecule has 8 nitrogen and oxygen atoms in total. The van der Waals surface area contributed by atoms with E-state index in [4.69, 9.17) is 9.47 Å². The number of hydrogen-bond acceptors (Lipinski definition) is 5. The second kappa shape index (κ2) is 8.72. The number of aromatic nitrogens is 2. The molecule has 0 saturated heterocycles. The number of ether oxygens (including phenoxy) is 2. The first-order valence-electron chi connectivity index (χ1n) is 7.80. The monoisotopic (exact) mass is 347 g/mol. The van der Waals surface area contributed by atoms with Crippen LogP contribution >= 0.6 is 0 Å². The van der Waals surface area contributed by atoms with Crippen LogP contribution in [0.4, 0.5) is 0 Å². The van der Waals surface area contributed by atoms with Crippen LogP contribution in [0.2, 0.25) is 0 Å². The molecule has 1 aromatic carbocycles. The van der Waals surface area contributed by atoms with Gasteiger partial charge in [-0.15, -0.1) is 0 Å². The van der Waals surface area contributed by atoms with Crippen LogP contribution in [0, 0.1) is 0 Å². The summed E-state index contributed by atoms with van der Waals surface area (Å²) in [7, 11) is 3.16. The van der Waals surface area contributed by atoms with Crippen LogP contribution in [0.15, 0.2) is 40.1 Å². The van der Waals surface area contributed by atoms with Gasteiger partial charge in [0.1, 0.15) is 11.5 Å². The minimum absolute atomic E-state index is 0.146. The van der Waals surface area contributed by atoms with Crippen LogP contribution in [0.1, 0.15) is 12.0 Å². The quantitative estimate of drug-likeness (QED) is 0.715. The van der Waals surface area contributed by atoms with Crippen molar-refractivity contribution in [1.82, 2.24) is 14.9 Å². The number of aromatic amines is 1. The summed E-state index contributed by atoms with van der Waals surface area (Å²) in [5, 5.41) is 2.80. The molecule has 1 amide bonds. The molecule has 0 spiro atoms. The lowest BCUT2D eigenvalue weighted by molar-refractivity contribution is -0.121. The molecular formula is C17H21N3O5. The fraction of sp³-hybridized carbons (Fsp3) is 0.353. The molecule has 0 aliphatic rings. The van der Waals surface area contributed by atoms with Crippen molar-refractivity contribution in [3.05, 3.63) is 56.9 Å². The van der Waals surface area contributed by atoms with E-state index in [1.54, 1.807) is 20.3 Å². The van der Waals surface area contributed by atoms with Crippen LogP contribution in [0.5, 0.6) is 11.5 Å². The van der Waals surface area contributed by atoms with Crippen LogP contribution in [-0.2, 0) is 17.8 Å². The van der Waals surface area contributed by atoms with E-state index >= 15 is 0 Å². The van der Waals surface area contributed by atoms with E-state index in [1.807, 2.05) is 12.1 Å². The summed E-state index contributed by atoms with van der Waals surface area (Å²) in [5.74, 6) is 1.21. The minimum atomic E-state index is -0.524. The Balaban J connectivity index is 1.82. The van der Waals surface area contributed by atoms with Gasteiger partial charge >= 0.3 is 5.69 Å². The Labute approximate surface area is 144 Å². The fourth-order valence-electron chi connectivity index (χ4n) is 2.29. The Bertz CT molecular complexity index is 818. The number of amides is 1. The molecule has 0 radical (unpaired) electrons. The van der Waals surface area contributed by atoms with Gasteiger partial charge in [-0.3, -0.25) is 14.6 Å². The molecule has 0 bridgehead atoms. The van der Waals surface area contributed by atoms with Crippen LogP contribution < -0.4 is 26.0 Å². The zero-order valence-electron chi connectivity index (χ0n) is 14.2. The number of benzene rings is 1. The third-order valence-electron chi connectivity index (χ3n) is 3.62. The first kappa shape index (κ1) is 18.3. The lowest BCUT2D eigenvalue weighted by Crippen LogP contribution is -2.31. The molecule has 0 saturated carbocycles. The molecule has 1 aromatic heterocycles. The molecule has 0 unspecified atom stereocenters. The third-order valence-corrected chi connectivity index (χ3v) is 3.62. The second-order valence-corrected chi connectivity index (χ2v) is 5.37. The summed E-state index contributed by atoms with van der Waals surface area (Å²) >= 11 is 0. The van der Waals surface area contributed by atoms with Crippen molar-refractivity contribution in [3.63, 3.8) is 0 Å². The first-order valence-corrected chi connectivity index (χ1v) is 7.80. The molecular weight excluding hydrogens is 326 g/mol. The topological polar surface area (TPSA) is 102 Å². The van der Waals surface area contributed by atoms with E-state index in [9.17, 15) is 14.4 Å². The molecule has 0 aliphatic heterocycles. The third kappa shape index (κ3) is 5.52. The summed E-state index contributed by atoms with van der Waals surface area (Å²) in [4.78, 5) is 36.5. The van der Waals surface area contributed by atoms with Gasteiger partial charge in [0.2, 0.25) is 5.91 Å². The number of methoxy groups -OCH3 is 2. The number of carbonyl (C=O) groups is 1. The lowest BCUT2D eigenvalue weighted by Gasteiger charge is -2.09. The number of H-pyrrole nitrogens is 1. The van der Waals surface area contributed by atoms with Gasteiger partial charge in [0.05, 0.1) is 14.2 Å². The highest BCUT2D eigenvalue weighted by Crippen LogP contribution is 2.22. The van der Waals surface area contributed by atoms with E-state index < -0.39 is 11.2 Å². The highest BCUT2D eigenvalue weighted by molar-refractivity contribution is 5.75. The average molecular weight is 347 g/mol. The smallest absolute Gasteiger partial charge is 0.328 e. The summed E-state index contributed by atoms with van der Waals surface area (Å²) in [6.07, 6.45) is 2.14. The van der Waals surface area contributed by atoms with Gasteiger partial charge in [0.15, 0.2) is 0 Å².